The van der Waals surface area contributed by atoms with Gasteiger partial charge >= 0.3 is 6.18 Å². The van der Waals surface area contributed by atoms with E-state index in [0.29, 0.717) is 11.9 Å². The number of amides is 1. The molecular formula is C20H14ClF5N6O. The third-order valence-electron chi connectivity index (χ3n) is 5.08. The fourth-order valence-electron chi connectivity index (χ4n) is 3.49. The number of imidazole rings is 1. The molecule has 4 rings (SSSR count). The van der Waals surface area contributed by atoms with E-state index in [0.717, 1.165) is 24.3 Å². The summed E-state index contributed by atoms with van der Waals surface area (Å²) in [6, 6.07) is 4.82. The maximum atomic E-state index is 14.3. The summed E-state index contributed by atoms with van der Waals surface area (Å²) >= 11 is 5.53. The Kier molecular flexibility index (Phi) is 5.56. The molecule has 3 aromatic rings. The molecule has 0 bridgehead atoms. The summed E-state index contributed by atoms with van der Waals surface area (Å²) in [5.41, 5.74) is 1.90. The number of carbonyl (C=O) groups is 1. The highest BCUT2D eigenvalue weighted by molar-refractivity contribution is 6.30. The number of pyridine rings is 1. The maximum Gasteiger partial charge on any atom is 0.418 e. The van der Waals surface area contributed by atoms with Crippen molar-refractivity contribution in [2.24, 2.45) is 10.7 Å². The summed E-state index contributed by atoms with van der Waals surface area (Å²) in [5, 5.41) is 1.71. The van der Waals surface area contributed by atoms with Crippen molar-refractivity contribution in [2.75, 3.05) is 12.0 Å². The first-order valence-electron chi connectivity index (χ1n) is 9.32. The Hall–Kier alpha value is -3.54. The van der Waals surface area contributed by atoms with Gasteiger partial charge in [-0.15, -0.1) is 0 Å². The van der Waals surface area contributed by atoms with Crippen LogP contribution in [0.3, 0.4) is 0 Å². The lowest BCUT2D eigenvalue weighted by molar-refractivity contribution is -0.136. The SMILES string of the molecule is NC1=NC(CF)(c2ccc(C(F)(F)F)c(NC(=O)c3ccc(Cl)c(F)n3)c2)Cn2ccnc21. The molecule has 13 heteroatoms. The average molecular weight is 485 g/mol. The van der Waals surface area contributed by atoms with Gasteiger partial charge in [0.25, 0.3) is 5.91 Å². The average Bonchev–Trinajstić information content (AvgIpc) is 3.23. The number of carbonyl (C=O) groups excluding carboxylic acids is 1. The number of hydrogen-bond acceptors (Lipinski definition) is 5. The first-order valence-corrected chi connectivity index (χ1v) is 9.70. The van der Waals surface area contributed by atoms with Crippen LogP contribution < -0.4 is 11.1 Å². The van der Waals surface area contributed by atoms with E-state index in [9.17, 15) is 26.7 Å². The second kappa shape index (κ2) is 8.10. The second-order valence-corrected chi connectivity index (χ2v) is 7.63. The molecule has 0 saturated heterocycles. The fraction of sp³-hybridized carbons (Fsp3) is 0.200. The Morgan fingerprint density at radius 2 is 2.03 bits per heavy atom. The van der Waals surface area contributed by atoms with Gasteiger partial charge in [0.15, 0.2) is 11.7 Å². The van der Waals surface area contributed by atoms with E-state index in [1.807, 2.05) is 0 Å². The number of hydrogen-bond donors (Lipinski definition) is 2. The molecule has 0 saturated carbocycles. The number of halogens is 6. The first kappa shape index (κ1) is 22.6. The molecule has 1 atom stereocenters. The van der Waals surface area contributed by atoms with Crippen molar-refractivity contribution in [2.45, 2.75) is 18.3 Å². The van der Waals surface area contributed by atoms with Crippen LogP contribution in [0.2, 0.25) is 5.02 Å². The monoisotopic (exact) mass is 484 g/mol. The van der Waals surface area contributed by atoms with Gasteiger partial charge in [0, 0.05) is 12.4 Å². The standard InChI is InChI=1S/C20H14ClF5N6O/c21-12-3-4-13(29-15(12)23)18(33)30-14-7-10(1-2-11(14)20(24,25)26)19(8-22)9-32-6-5-28-17(32)16(27)31-19/h1-7H,8-9H2,(H2,27,31)(H,30,33). The van der Waals surface area contributed by atoms with Crippen LogP contribution in [0.25, 0.3) is 0 Å². The molecule has 1 unspecified atom stereocenters. The van der Waals surface area contributed by atoms with Crippen molar-refractivity contribution in [3.05, 3.63) is 76.3 Å². The van der Waals surface area contributed by atoms with Gasteiger partial charge in [-0.3, -0.25) is 4.79 Å². The van der Waals surface area contributed by atoms with Gasteiger partial charge in [-0.25, -0.2) is 19.4 Å². The van der Waals surface area contributed by atoms with Gasteiger partial charge in [-0.05, 0) is 29.8 Å². The zero-order chi connectivity index (χ0) is 24.0. The van der Waals surface area contributed by atoms with Gasteiger partial charge in [-0.2, -0.15) is 17.6 Å². The predicted octanol–water partition coefficient (Wildman–Crippen LogP) is 3.93. The van der Waals surface area contributed by atoms with E-state index >= 15 is 0 Å². The molecule has 2 aromatic heterocycles. The van der Waals surface area contributed by atoms with Crippen molar-refractivity contribution in [3.63, 3.8) is 0 Å². The minimum atomic E-state index is -4.85. The minimum Gasteiger partial charge on any atom is -0.381 e. The Balaban J connectivity index is 1.77. The van der Waals surface area contributed by atoms with E-state index < -0.39 is 47.2 Å². The largest absolute Gasteiger partial charge is 0.418 e. The molecule has 0 spiro atoms. The number of anilines is 1. The van der Waals surface area contributed by atoms with Crippen molar-refractivity contribution in [1.82, 2.24) is 14.5 Å². The highest BCUT2D eigenvalue weighted by atomic mass is 35.5. The van der Waals surface area contributed by atoms with Crippen molar-refractivity contribution in [1.29, 1.82) is 0 Å². The zero-order valence-electron chi connectivity index (χ0n) is 16.5. The number of benzene rings is 1. The van der Waals surface area contributed by atoms with E-state index in [-0.39, 0.29) is 23.0 Å². The molecule has 0 radical (unpaired) electrons. The zero-order valence-corrected chi connectivity index (χ0v) is 17.3. The molecule has 0 aliphatic carbocycles. The van der Waals surface area contributed by atoms with Crippen LogP contribution in [0.4, 0.5) is 27.6 Å². The molecule has 0 fully saturated rings. The Morgan fingerprint density at radius 1 is 1.27 bits per heavy atom. The van der Waals surface area contributed by atoms with E-state index in [2.05, 4.69) is 20.3 Å². The van der Waals surface area contributed by atoms with E-state index in [4.69, 9.17) is 17.3 Å². The first-order chi connectivity index (χ1) is 15.5. The summed E-state index contributed by atoms with van der Waals surface area (Å²) in [6.07, 6.45) is -1.88. The number of aliphatic imine (C=N–C) groups is 1. The molecule has 172 valence electrons. The highest BCUT2D eigenvalue weighted by Crippen LogP contribution is 2.40. The Morgan fingerprint density at radius 3 is 2.70 bits per heavy atom. The van der Waals surface area contributed by atoms with E-state index in [1.54, 1.807) is 0 Å². The van der Waals surface area contributed by atoms with Gasteiger partial charge in [0.05, 0.1) is 22.8 Å². The van der Waals surface area contributed by atoms with Gasteiger partial charge in [0.2, 0.25) is 5.95 Å². The Bertz CT molecular complexity index is 1270. The number of amidine groups is 1. The van der Waals surface area contributed by atoms with Crippen LogP contribution in [0.1, 0.15) is 27.4 Å². The molecule has 1 aromatic carbocycles. The number of alkyl halides is 4. The van der Waals surface area contributed by atoms with Gasteiger partial charge < -0.3 is 15.6 Å². The summed E-state index contributed by atoms with van der Waals surface area (Å²) in [6.45, 7) is -1.17. The number of fused-ring (bicyclic) bond motifs is 1. The highest BCUT2D eigenvalue weighted by Gasteiger charge is 2.40. The lowest BCUT2D eigenvalue weighted by atomic mass is 9.89. The molecule has 7 nitrogen and oxygen atoms in total. The molecule has 3 heterocycles. The van der Waals surface area contributed by atoms with E-state index in [1.165, 1.54) is 17.0 Å². The van der Waals surface area contributed by atoms with Crippen molar-refractivity contribution >= 4 is 29.0 Å². The predicted molar refractivity (Wildman–Crippen MR) is 109 cm³/mol. The van der Waals surface area contributed by atoms with Crippen LogP contribution in [-0.2, 0) is 18.3 Å². The molecular weight excluding hydrogens is 471 g/mol. The fourth-order valence-corrected chi connectivity index (χ4v) is 3.59. The third-order valence-corrected chi connectivity index (χ3v) is 5.36. The molecule has 1 aliphatic heterocycles. The Labute approximate surface area is 188 Å². The van der Waals surface area contributed by atoms with Crippen molar-refractivity contribution < 1.29 is 26.7 Å². The number of aromatic nitrogens is 3. The summed E-state index contributed by atoms with van der Waals surface area (Å²) in [4.78, 5) is 24.0. The van der Waals surface area contributed by atoms with Crippen LogP contribution >= 0.6 is 11.6 Å². The quantitative estimate of drug-likeness (QED) is 0.433. The molecule has 3 N–H and O–H groups in total. The third kappa shape index (κ3) is 4.13. The van der Waals surface area contributed by atoms with Gasteiger partial charge in [-0.1, -0.05) is 17.7 Å². The maximum absolute atomic E-state index is 14.3. The minimum absolute atomic E-state index is 0.0332. The molecule has 33 heavy (non-hydrogen) atoms. The van der Waals surface area contributed by atoms with Crippen molar-refractivity contribution in [3.8, 4) is 0 Å². The van der Waals surface area contributed by atoms with Crippen LogP contribution in [0, 0.1) is 5.95 Å². The smallest absolute Gasteiger partial charge is 0.381 e. The molecule has 1 aliphatic rings. The van der Waals surface area contributed by atoms with Gasteiger partial charge in [0.1, 0.15) is 17.9 Å². The summed E-state index contributed by atoms with van der Waals surface area (Å²) < 4.78 is 70.3. The van der Waals surface area contributed by atoms with Crippen LogP contribution in [0.5, 0.6) is 0 Å². The molecule has 1 amide bonds. The van der Waals surface area contributed by atoms with Crippen LogP contribution in [-0.4, -0.2) is 33.0 Å². The number of nitrogens with one attached hydrogen (secondary N) is 1. The second-order valence-electron chi connectivity index (χ2n) is 7.22. The topological polar surface area (TPSA) is 98.2 Å². The lowest BCUT2D eigenvalue weighted by Gasteiger charge is -2.33. The summed E-state index contributed by atoms with van der Waals surface area (Å²) in [5.74, 6) is -2.06. The number of nitrogens with zero attached hydrogens (tertiary/aromatic N) is 4. The number of nitrogens with two attached hydrogens (primary N) is 1. The normalized spacial score (nSPS) is 17.9. The number of rotatable bonds is 4. The summed E-state index contributed by atoms with van der Waals surface area (Å²) in [7, 11) is 0. The van der Waals surface area contributed by atoms with Crippen LogP contribution in [0.15, 0.2) is 47.7 Å². The lowest BCUT2D eigenvalue weighted by Crippen LogP contribution is -2.40.